The number of nitrogens with zero attached hydrogens (tertiary/aromatic N) is 1. The molecule has 11 heteroatoms. The topological polar surface area (TPSA) is 143 Å². The van der Waals surface area contributed by atoms with Crippen LogP contribution in [0, 0.1) is 11.8 Å². The van der Waals surface area contributed by atoms with Gasteiger partial charge in [-0.1, -0.05) is 0 Å². The Morgan fingerprint density at radius 1 is 1.11 bits per heavy atom. The second-order valence-electron chi connectivity index (χ2n) is 8.66. The summed E-state index contributed by atoms with van der Waals surface area (Å²) in [6.07, 6.45) is -0.243. The number of carbonyl (C=O) groups excluding carboxylic acids is 3. The van der Waals surface area contributed by atoms with Crippen LogP contribution in [0.15, 0.2) is 45.6 Å². The molecule has 0 unspecified atom stereocenters. The number of aromatic amines is 1. The molecule has 2 fully saturated rings. The van der Waals surface area contributed by atoms with E-state index in [-0.39, 0.29) is 36.4 Å². The summed E-state index contributed by atoms with van der Waals surface area (Å²) in [5.74, 6) is -1.41. The van der Waals surface area contributed by atoms with Crippen molar-refractivity contribution in [3.63, 3.8) is 0 Å². The lowest BCUT2D eigenvalue weighted by Crippen LogP contribution is -2.34. The lowest BCUT2D eigenvalue weighted by atomic mass is 9.92. The number of amides is 3. The fourth-order valence-corrected chi connectivity index (χ4v) is 4.72. The highest BCUT2D eigenvalue weighted by Crippen LogP contribution is 2.36. The number of fused-ring (bicyclic) bond motifs is 2. The van der Waals surface area contributed by atoms with E-state index in [0.29, 0.717) is 46.9 Å². The standard InChI is InChI=1S/C24H24N4O7/c1-12(29)25-18-7-13(3-6-19(18)33-2)23(31)28-9-15-16(11-34-21(15)10-28)22(30)26-14-4-5-17-20(8-14)35-24(32)27-17/h3-8,15-16,21H,9-11H2,1-2H3,(H,25,29)(H,26,30)(H,27,32)/t15-,16+,21-/m1/s1. The highest BCUT2D eigenvalue weighted by molar-refractivity contribution is 5.98. The Morgan fingerprint density at radius 2 is 1.94 bits per heavy atom. The van der Waals surface area contributed by atoms with E-state index in [1.54, 1.807) is 41.3 Å². The molecule has 0 spiro atoms. The normalized spacial score (nSPS) is 21.1. The van der Waals surface area contributed by atoms with Gasteiger partial charge < -0.3 is 29.4 Å². The minimum Gasteiger partial charge on any atom is -0.495 e. The molecule has 5 rings (SSSR count). The van der Waals surface area contributed by atoms with E-state index < -0.39 is 11.7 Å². The third-order valence-corrected chi connectivity index (χ3v) is 6.39. The number of hydrogen-bond acceptors (Lipinski definition) is 7. The number of likely N-dealkylation sites (tertiary alicyclic amines) is 1. The van der Waals surface area contributed by atoms with Gasteiger partial charge in [-0.3, -0.25) is 19.4 Å². The summed E-state index contributed by atoms with van der Waals surface area (Å²) in [5, 5.41) is 5.53. The maximum Gasteiger partial charge on any atom is 0.417 e. The number of nitrogens with one attached hydrogen (secondary N) is 3. The molecule has 182 valence electrons. The Balaban J connectivity index is 1.28. The molecule has 11 nitrogen and oxygen atoms in total. The van der Waals surface area contributed by atoms with Crippen LogP contribution in [0.2, 0.25) is 0 Å². The maximum atomic E-state index is 13.2. The van der Waals surface area contributed by atoms with E-state index in [9.17, 15) is 19.2 Å². The molecule has 1 aromatic heterocycles. The summed E-state index contributed by atoms with van der Waals surface area (Å²) in [7, 11) is 1.48. The Bertz CT molecular complexity index is 1380. The third kappa shape index (κ3) is 4.37. The van der Waals surface area contributed by atoms with Crippen LogP contribution in [-0.4, -0.2) is 60.5 Å². The average molecular weight is 480 g/mol. The van der Waals surface area contributed by atoms with E-state index in [0.717, 1.165) is 0 Å². The molecular weight excluding hydrogens is 456 g/mol. The maximum absolute atomic E-state index is 13.2. The highest BCUT2D eigenvalue weighted by Gasteiger charge is 2.48. The van der Waals surface area contributed by atoms with Gasteiger partial charge in [-0.25, -0.2) is 4.79 Å². The largest absolute Gasteiger partial charge is 0.495 e. The number of aromatic nitrogens is 1. The van der Waals surface area contributed by atoms with Crippen molar-refractivity contribution in [1.29, 1.82) is 0 Å². The number of ether oxygens (including phenoxy) is 2. The lowest BCUT2D eigenvalue weighted by Gasteiger charge is -2.20. The van der Waals surface area contributed by atoms with E-state index in [4.69, 9.17) is 13.9 Å². The summed E-state index contributed by atoms with van der Waals surface area (Å²) in [4.78, 5) is 53.3. The first-order valence-electron chi connectivity index (χ1n) is 11.1. The zero-order valence-electron chi connectivity index (χ0n) is 19.1. The molecule has 3 heterocycles. The fourth-order valence-electron chi connectivity index (χ4n) is 4.72. The van der Waals surface area contributed by atoms with Gasteiger partial charge in [0, 0.05) is 43.2 Å². The van der Waals surface area contributed by atoms with Gasteiger partial charge in [0.25, 0.3) is 5.91 Å². The molecule has 3 amide bonds. The summed E-state index contributed by atoms with van der Waals surface area (Å²) >= 11 is 0. The number of carbonyl (C=O) groups is 3. The molecule has 3 atom stereocenters. The number of benzene rings is 2. The molecular formula is C24H24N4O7. The number of rotatable bonds is 5. The van der Waals surface area contributed by atoms with Gasteiger partial charge in [0.05, 0.1) is 36.9 Å². The second-order valence-corrected chi connectivity index (χ2v) is 8.66. The van der Waals surface area contributed by atoms with Crippen molar-refractivity contribution in [1.82, 2.24) is 9.88 Å². The monoisotopic (exact) mass is 480 g/mol. The van der Waals surface area contributed by atoms with E-state index in [1.807, 2.05) is 0 Å². The van der Waals surface area contributed by atoms with Crippen LogP contribution in [0.25, 0.3) is 11.1 Å². The van der Waals surface area contributed by atoms with Gasteiger partial charge >= 0.3 is 5.76 Å². The third-order valence-electron chi connectivity index (χ3n) is 6.39. The first-order valence-corrected chi connectivity index (χ1v) is 11.1. The van der Waals surface area contributed by atoms with Crippen LogP contribution in [0.4, 0.5) is 11.4 Å². The SMILES string of the molecule is COc1ccc(C(=O)N2C[C@@H]3[C@@H](C(=O)Nc4ccc5[nH]c(=O)oc5c4)CO[C@@H]3C2)cc1NC(C)=O. The molecule has 3 aromatic rings. The quantitative estimate of drug-likeness (QED) is 0.505. The summed E-state index contributed by atoms with van der Waals surface area (Å²) in [5.41, 5.74) is 2.21. The van der Waals surface area contributed by atoms with Gasteiger partial charge in [-0.15, -0.1) is 0 Å². The van der Waals surface area contributed by atoms with Crippen LogP contribution in [0.3, 0.4) is 0 Å². The molecule has 0 aliphatic carbocycles. The van der Waals surface area contributed by atoms with Crippen LogP contribution < -0.4 is 21.1 Å². The predicted octanol–water partition coefficient (Wildman–Crippen LogP) is 1.81. The molecule has 2 saturated heterocycles. The first-order chi connectivity index (χ1) is 16.8. The summed E-state index contributed by atoms with van der Waals surface area (Å²) in [6.45, 7) is 2.38. The minimum absolute atomic E-state index is 0.152. The van der Waals surface area contributed by atoms with Gasteiger partial charge in [0.15, 0.2) is 5.58 Å². The number of methoxy groups -OCH3 is 1. The Morgan fingerprint density at radius 3 is 2.71 bits per heavy atom. The molecule has 2 aliphatic rings. The van der Waals surface area contributed by atoms with Crippen LogP contribution in [0.1, 0.15) is 17.3 Å². The fraction of sp³-hybridized carbons (Fsp3) is 0.333. The molecule has 0 radical (unpaired) electrons. The minimum atomic E-state index is -0.563. The van der Waals surface area contributed by atoms with Crippen LogP contribution in [-0.2, 0) is 14.3 Å². The predicted molar refractivity (Wildman–Crippen MR) is 125 cm³/mol. The van der Waals surface area contributed by atoms with Crippen molar-refractivity contribution in [2.24, 2.45) is 11.8 Å². The van der Waals surface area contributed by atoms with Crippen molar-refractivity contribution in [2.75, 3.05) is 37.4 Å². The van der Waals surface area contributed by atoms with Crippen LogP contribution in [0.5, 0.6) is 5.75 Å². The number of H-pyrrole nitrogens is 1. The smallest absolute Gasteiger partial charge is 0.417 e. The van der Waals surface area contributed by atoms with E-state index in [2.05, 4.69) is 15.6 Å². The second kappa shape index (κ2) is 8.91. The average Bonchev–Trinajstić information content (AvgIpc) is 3.51. The number of oxazole rings is 1. The van der Waals surface area contributed by atoms with Crippen molar-refractivity contribution in [3.8, 4) is 5.75 Å². The van der Waals surface area contributed by atoms with Gasteiger partial charge in [0.2, 0.25) is 11.8 Å². The van der Waals surface area contributed by atoms with Crippen molar-refractivity contribution < 1.29 is 28.3 Å². The Kier molecular flexibility index (Phi) is 5.77. The molecule has 2 aliphatic heterocycles. The molecule has 2 aromatic carbocycles. The summed E-state index contributed by atoms with van der Waals surface area (Å²) in [6, 6.07) is 9.77. The van der Waals surface area contributed by atoms with Gasteiger partial charge in [0.1, 0.15) is 5.75 Å². The zero-order chi connectivity index (χ0) is 24.7. The Labute approximate surface area is 199 Å². The Hall–Kier alpha value is -4.12. The van der Waals surface area contributed by atoms with Gasteiger partial charge in [-0.2, -0.15) is 0 Å². The number of anilines is 2. The highest BCUT2D eigenvalue weighted by atomic mass is 16.5. The molecule has 35 heavy (non-hydrogen) atoms. The van der Waals surface area contributed by atoms with Crippen molar-refractivity contribution >= 4 is 40.2 Å². The van der Waals surface area contributed by atoms with E-state index in [1.165, 1.54) is 14.0 Å². The summed E-state index contributed by atoms with van der Waals surface area (Å²) < 4.78 is 16.2. The molecule has 3 N–H and O–H groups in total. The first kappa shape index (κ1) is 22.7. The molecule has 0 bridgehead atoms. The lowest BCUT2D eigenvalue weighted by molar-refractivity contribution is -0.120. The number of hydrogen-bond donors (Lipinski definition) is 3. The molecule has 0 saturated carbocycles. The zero-order valence-corrected chi connectivity index (χ0v) is 19.1. The van der Waals surface area contributed by atoms with Crippen molar-refractivity contribution in [3.05, 3.63) is 52.5 Å². The van der Waals surface area contributed by atoms with E-state index >= 15 is 0 Å². The van der Waals surface area contributed by atoms with Crippen molar-refractivity contribution in [2.45, 2.75) is 13.0 Å². The van der Waals surface area contributed by atoms with Gasteiger partial charge in [-0.05, 0) is 30.3 Å². The van der Waals surface area contributed by atoms with Crippen LogP contribution >= 0.6 is 0 Å².